The van der Waals surface area contributed by atoms with Crippen molar-refractivity contribution in [1.82, 2.24) is 4.90 Å². The highest BCUT2D eigenvalue weighted by atomic mass is 16.5. The molecule has 1 aliphatic rings. The molecule has 0 N–H and O–H groups in total. The maximum atomic E-state index is 5.39. The van der Waals surface area contributed by atoms with E-state index < -0.39 is 0 Å². The summed E-state index contributed by atoms with van der Waals surface area (Å²) in [5.41, 5.74) is 1.25. The van der Waals surface area contributed by atoms with E-state index in [1.54, 1.807) is 7.11 Å². The molecule has 0 spiro atoms. The Kier molecular flexibility index (Phi) is 2.11. The molecule has 1 aromatic carbocycles. The molecule has 1 saturated heterocycles. The van der Waals surface area contributed by atoms with E-state index >= 15 is 0 Å². The average molecular weight is 163 g/mol. The fraction of sp³-hybridized carbons (Fsp3) is 0.400. The van der Waals surface area contributed by atoms with Crippen LogP contribution in [0, 0.1) is 0 Å². The van der Waals surface area contributed by atoms with Crippen LogP contribution in [0.4, 0.5) is 0 Å². The Balaban J connectivity index is 2.15. The molecular weight excluding hydrogens is 150 g/mol. The zero-order valence-electron chi connectivity index (χ0n) is 7.23. The molecule has 1 heterocycles. The van der Waals surface area contributed by atoms with Crippen molar-refractivity contribution in [2.45, 2.75) is 6.23 Å². The lowest BCUT2D eigenvalue weighted by atomic mass is 10.2. The summed E-state index contributed by atoms with van der Waals surface area (Å²) in [4.78, 5) is 2.29. The number of nitrogens with zero attached hydrogens (tertiary/aromatic N) is 1. The van der Waals surface area contributed by atoms with Gasteiger partial charge in [-0.3, -0.25) is 4.90 Å². The maximum Gasteiger partial charge on any atom is 0.136 e. The highest BCUT2D eigenvalue weighted by molar-refractivity contribution is 5.18. The van der Waals surface area contributed by atoms with Crippen molar-refractivity contribution in [3.63, 3.8) is 0 Å². The monoisotopic (exact) mass is 163 g/mol. The Hall–Kier alpha value is -0.860. The third kappa shape index (κ3) is 1.49. The second-order valence-corrected chi connectivity index (χ2v) is 3.03. The molecule has 0 amide bonds. The van der Waals surface area contributed by atoms with Crippen LogP contribution in [0.15, 0.2) is 30.3 Å². The van der Waals surface area contributed by atoms with Crippen LogP contribution in [0.2, 0.25) is 0 Å². The van der Waals surface area contributed by atoms with Gasteiger partial charge in [0.15, 0.2) is 0 Å². The van der Waals surface area contributed by atoms with Crippen molar-refractivity contribution >= 4 is 0 Å². The molecule has 0 saturated carbocycles. The number of hydrogen-bond donors (Lipinski definition) is 0. The molecule has 0 bridgehead atoms. The number of ether oxygens (including phenoxy) is 1. The predicted molar refractivity (Wildman–Crippen MR) is 47.8 cm³/mol. The minimum atomic E-state index is 0.172. The number of methoxy groups -OCH3 is 1. The lowest BCUT2D eigenvalue weighted by Gasteiger charge is -2.15. The van der Waals surface area contributed by atoms with Crippen LogP contribution in [-0.4, -0.2) is 25.1 Å². The number of benzene rings is 1. The summed E-state index contributed by atoms with van der Waals surface area (Å²) in [5, 5.41) is 0. The summed E-state index contributed by atoms with van der Waals surface area (Å²) < 4.78 is 5.39. The minimum Gasteiger partial charge on any atom is -0.362 e. The van der Waals surface area contributed by atoms with Crippen LogP contribution in [0.1, 0.15) is 11.8 Å². The number of rotatable bonds is 3. The summed E-state index contributed by atoms with van der Waals surface area (Å²) in [7, 11) is 1.76. The van der Waals surface area contributed by atoms with E-state index in [9.17, 15) is 0 Å². The van der Waals surface area contributed by atoms with Crippen molar-refractivity contribution < 1.29 is 4.74 Å². The van der Waals surface area contributed by atoms with E-state index in [1.165, 1.54) is 5.56 Å². The highest BCUT2D eigenvalue weighted by Crippen LogP contribution is 2.26. The Morgan fingerprint density at radius 3 is 2.42 bits per heavy atom. The molecule has 0 radical (unpaired) electrons. The molecule has 1 unspecified atom stereocenters. The van der Waals surface area contributed by atoms with Gasteiger partial charge in [-0.2, -0.15) is 0 Å². The van der Waals surface area contributed by atoms with Gasteiger partial charge in [0.25, 0.3) is 0 Å². The van der Waals surface area contributed by atoms with Crippen molar-refractivity contribution in [1.29, 1.82) is 0 Å². The largest absolute Gasteiger partial charge is 0.362 e. The summed E-state index contributed by atoms with van der Waals surface area (Å²) in [5.74, 6) is 0. The number of hydrogen-bond acceptors (Lipinski definition) is 2. The van der Waals surface area contributed by atoms with Gasteiger partial charge in [-0.1, -0.05) is 30.3 Å². The van der Waals surface area contributed by atoms with Gasteiger partial charge in [-0.05, 0) is 5.56 Å². The Morgan fingerprint density at radius 1 is 1.25 bits per heavy atom. The topological polar surface area (TPSA) is 12.2 Å². The van der Waals surface area contributed by atoms with Crippen LogP contribution >= 0.6 is 0 Å². The van der Waals surface area contributed by atoms with Gasteiger partial charge in [0.1, 0.15) is 6.23 Å². The molecule has 0 aliphatic carbocycles. The third-order valence-electron chi connectivity index (χ3n) is 2.12. The second kappa shape index (κ2) is 3.25. The molecule has 1 fully saturated rings. The Morgan fingerprint density at radius 2 is 1.92 bits per heavy atom. The zero-order chi connectivity index (χ0) is 8.39. The van der Waals surface area contributed by atoms with Crippen molar-refractivity contribution in [2.24, 2.45) is 0 Å². The van der Waals surface area contributed by atoms with Gasteiger partial charge in [0.2, 0.25) is 0 Å². The van der Waals surface area contributed by atoms with Crippen molar-refractivity contribution in [3.05, 3.63) is 35.9 Å². The summed E-state index contributed by atoms with van der Waals surface area (Å²) in [6.07, 6.45) is 0.172. The molecule has 0 aromatic heterocycles. The molecule has 2 nitrogen and oxygen atoms in total. The fourth-order valence-electron chi connectivity index (χ4n) is 1.41. The van der Waals surface area contributed by atoms with E-state index in [2.05, 4.69) is 17.0 Å². The van der Waals surface area contributed by atoms with Gasteiger partial charge in [-0.15, -0.1) is 0 Å². The van der Waals surface area contributed by atoms with E-state index in [-0.39, 0.29) is 6.23 Å². The lowest BCUT2D eigenvalue weighted by Crippen LogP contribution is -2.11. The van der Waals surface area contributed by atoms with Crippen molar-refractivity contribution in [3.8, 4) is 0 Å². The van der Waals surface area contributed by atoms with Crippen molar-refractivity contribution in [2.75, 3.05) is 20.2 Å². The first-order valence-electron chi connectivity index (χ1n) is 4.23. The first-order chi connectivity index (χ1) is 5.92. The van der Waals surface area contributed by atoms with Crippen LogP contribution in [0.5, 0.6) is 0 Å². The molecule has 64 valence electrons. The maximum absolute atomic E-state index is 5.39. The minimum absolute atomic E-state index is 0.172. The van der Waals surface area contributed by atoms with Gasteiger partial charge in [0, 0.05) is 20.2 Å². The normalized spacial score (nSPS) is 19.1. The zero-order valence-corrected chi connectivity index (χ0v) is 7.23. The molecule has 2 heteroatoms. The molecule has 1 aromatic rings. The van der Waals surface area contributed by atoms with Gasteiger partial charge < -0.3 is 4.74 Å². The third-order valence-corrected chi connectivity index (χ3v) is 2.12. The summed E-state index contributed by atoms with van der Waals surface area (Å²) >= 11 is 0. The Labute approximate surface area is 72.8 Å². The van der Waals surface area contributed by atoms with Gasteiger partial charge in [-0.25, -0.2) is 0 Å². The first-order valence-corrected chi connectivity index (χ1v) is 4.23. The Bertz CT molecular complexity index is 243. The molecular formula is C10H13NO. The first kappa shape index (κ1) is 7.77. The van der Waals surface area contributed by atoms with Crippen LogP contribution in [0.3, 0.4) is 0 Å². The summed E-state index contributed by atoms with van der Waals surface area (Å²) in [6.45, 7) is 2.32. The van der Waals surface area contributed by atoms with E-state index in [1.807, 2.05) is 18.2 Å². The SMILES string of the molecule is COC(c1ccccc1)N1CC1. The second-order valence-electron chi connectivity index (χ2n) is 3.03. The average Bonchev–Trinajstić information content (AvgIpc) is 2.92. The van der Waals surface area contributed by atoms with E-state index in [0.29, 0.717) is 0 Å². The van der Waals surface area contributed by atoms with Gasteiger partial charge >= 0.3 is 0 Å². The van der Waals surface area contributed by atoms with E-state index in [4.69, 9.17) is 4.74 Å². The summed E-state index contributed by atoms with van der Waals surface area (Å²) in [6, 6.07) is 10.3. The van der Waals surface area contributed by atoms with Gasteiger partial charge in [0.05, 0.1) is 0 Å². The molecule has 1 atom stereocenters. The standard InChI is InChI=1S/C10H13NO/c1-12-10(11-7-8-11)9-5-3-2-4-6-9/h2-6,10H,7-8H2,1H3. The van der Waals surface area contributed by atoms with Crippen LogP contribution in [0.25, 0.3) is 0 Å². The van der Waals surface area contributed by atoms with Crippen LogP contribution in [-0.2, 0) is 4.74 Å². The molecule has 12 heavy (non-hydrogen) atoms. The fourth-order valence-corrected chi connectivity index (χ4v) is 1.41. The molecule has 2 rings (SSSR count). The highest BCUT2D eigenvalue weighted by Gasteiger charge is 2.28. The van der Waals surface area contributed by atoms with Crippen LogP contribution < -0.4 is 0 Å². The smallest absolute Gasteiger partial charge is 0.136 e. The lowest BCUT2D eigenvalue weighted by molar-refractivity contribution is 0.0269. The van der Waals surface area contributed by atoms with E-state index in [0.717, 1.165) is 13.1 Å². The predicted octanol–water partition coefficient (Wildman–Crippen LogP) is 1.65. The molecule has 1 aliphatic heterocycles. The quantitative estimate of drug-likeness (QED) is 0.628.